The summed E-state index contributed by atoms with van der Waals surface area (Å²) < 4.78 is 1.59. The second kappa shape index (κ2) is 6.05. The number of fused-ring (bicyclic) bond motifs is 2. The van der Waals surface area contributed by atoms with Crippen molar-refractivity contribution >= 4 is 11.6 Å². The van der Waals surface area contributed by atoms with Crippen LogP contribution in [0, 0.1) is 0 Å². The number of aryl methyl sites for hydroxylation is 1. The summed E-state index contributed by atoms with van der Waals surface area (Å²) in [6, 6.07) is 9.93. The van der Waals surface area contributed by atoms with Gasteiger partial charge in [-0.1, -0.05) is 24.3 Å². The number of amides is 1. The Morgan fingerprint density at radius 1 is 1.38 bits per heavy atom. The predicted molar refractivity (Wildman–Crippen MR) is 88.7 cm³/mol. The van der Waals surface area contributed by atoms with Crippen molar-refractivity contribution in [3.63, 3.8) is 0 Å². The lowest BCUT2D eigenvalue weighted by atomic mass is 10.1. The maximum absolute atomic E-state index is 12.5. The fraction of sp³-hybridized carbons (Fsp3) is 0.278. The zero-order chi connectivity index (χ0) is 16.5. The van der Waals surface area contributed by atoms with Crippen LogP contribution in [0.4, 0.5) is 0 Å². The van der Waals surface area contributed by atoms with Crippen molar-refractivity contribution in [2.45, 2.75) is 25.3 Å². The van der Waals surface area contributed by atoms with Gasteiger partial charge in [0.15, 0.2) is 11.3 Å². The Morgan fingerprint density at radius 2 is 2.25 bits per heavy atom. The third kappa shape index (κ3) is 2.65. The Balaban J connectivity index is 1.55. The third-order valence-electron chi connectivity index (χ3n) is 4.44. The van der Waals surface area contributed by atoms with Crippen LogP contribution in [-0.4, -0.2) is 32.2 Å². The van der Waals surface area contributed by atoms with Gasteiger partial charge in [0.1, 0.15) is 0 Å². The summed E-state index contributed by atoms with van der Waals surface area (Å²) in [6.07, 6.45) is 5.90. The molecule has 1 amide bonds. The fourth-order valence-corrected chi connectivity index (χ4v) is 3.22. The van der Waals surface area contributed by atoms with Gasteiger partial charge in [0.25, 0.3) is 5.91 Å². The number of nitrogens with one attached hydrogen (secondary N) is 1. The van der Waals surface area contributed by atoms with Crippen molar-refractivity contribution < 1.29 is 9.90 Å². The van der Waals surface area contributed by atoms with Gasteiger partial charge in [0, 0.05) is 25.1 Å². The Bertz CT molecular complexity index is 903. The van der Waals surface area contributed by atoms with Crippen molar-refractivity contribution in [3.8, 4) is 0 Å². The minimum Gasteiger partial charge on any atom is -0.396 e. The van der Waals surface area contributed by atoms with E-state index in [1.165, 1.54) is 11.1 Å². The van der Waals surface area contributed by atoms with Crippen LogP contribution >= 0.6 is 0 Å². The summed E-state index contributed by atoms with van der Waals surface area (Å²) in [7, 11) is 0. The van der Waals surface area contributed by atoms with Crippen molar-refractivity contribution in [1.29, 1.82) is 0 Å². The summed E-state index contributed by atoms with van der Waals surface area (Å²) in [5.41, 5.74) is 4.34. The van der Waals surface area contributed by atoms with Crippen LogP contribution in [-0.2, 0) is 12.8 Å². The fourth-order valence-electron chi connectivity index (χ4n) is 3.22. The number of hydrogen-bond acceptors (Lipinski definition) is 4. The molecule has 1 aliphatic rings. The molecule has 2 aromatic heterocycles. The minimum atomic E-state index is -0.189. The first-order valence-electron chi connectivity index (χ1n) is 8.08. The molecule has 2 N–H and O–H groups in total. The van der Waals surface area contributed by atoms with Crippen LogP contribution < -0.4 is 5.32 Å². The lowest BCUT2D eigenvalue weighted by molar-refractivity contribution is 0.0931. The molecule has 122 valence electrons. The molecule has 0 radical (unpaired) electrons. The molecule has 0 spiro atoms. The first-order chi connectivity index (χ1) is 11.7. The lowest BCUT2D eigenvalue weighted by Crippen LogP contribution is -2.27. The summed E-state index contributed by atoms with van der Waals surface area (Å²) in [5, 5.41) is 16.4. The highest BCUT2D eigenvalue weighted by Crippen LogP contribution is 2.30. The van der Waals surface area contributed by atoms with E-state index in [0.717, 1.165) is 18.4 Å². The summed E-state index contributed by atoms with van der Waals surface area (Å²) in [6.45, 7) is 0.0584. The molecular weight excluding hydrogens is 304 g/mol. The Hall–Kier alpha value is -2.73. The first kappa shape index (κ1) is 14.8. The number of rotatable bonds is 4. The van der Waals surface area contributed by atoms with Gasteiger partial charge in [-0.05, 0) is 36.0 Å². The van der Waals surface area contributed by atoms with E-state index in [-0.39, 0.29) is 18.6 Å². The number of nitrogens with zero attached hydrogens (tertiary/aromatic N) is 3. The molecule has 24 heavy (non-hydrogen) atoms. The van der Waals surface area contributed by atoms with Crippen molar-refractivity contribution in [3.05, 3.63) is 65.1 Å². The second-order valence-electron chi connectivity index (χ2n) is 6.03. The van der Waals surface area contributed by atoms with Gasteiger partial charge in [0.2, 0.25) is 0 Å². The number of carbonyl (C=O) groups excluding carboxylic acids is 1. The molecule has 2 heterocycles. The highest BCUT2D eigenvalue weighted by Gasteiger charge is 2.24. The maximum Gasteiger partial charge on any atom is 0.272 e. The largest absolute Gasteiger partial charge is 0.396 e. The van der Waals surface area contributed by atoms with Crippen molar-refractivity contribution in [2.24, 2.45) is 0 Å². The normalized spacial score (nSPS) is 16.3. The maximum atomic E-state index is 12.5. The molecule has 0 saturated heterocycles. The summed E-state index contributed by atoms with van der Waals surface area (Å²) >= 11 is 0. The zero-order valence-electron chi connectivity index (χ0n) is 13.1. The van der Waals surface area contributed by atoms with E-state index in [9.17, 15) is 4.79 Å². The van der Waals surface area contributed by atoms with Gasteiger partial charge >= 0.3 is 0 Å². The van der Waals surface area contributed by atoms with Gasteiger partial charge in [-0.2, -0.15) is 5.10 Å². The molecule has 0 aliphatic heterocycles. The average Bonchev–Trinajstić information content (AvgIpc) is 3.19. The minimum absolute atomic E-state index is 0.0384. The van der Waals surface area contributed by atoms with E-state index in [1.54, 1.807) is 23.0 Å². The van der Waals surface area contributed by atoms with Crippen LogP contribution in [0.1, 0.15) is 39.6 Å². The molecule has 1 unspecified atom stereocenters. The molecule has 0 fully saturated rings. The van der Waals surface area contributed by atoms with Crippen LogP contribution in [0.25, 0.3) is 5.65 Å². The third-order valence-corrected chi connectivity index (χ3v) is 4.44. The molecule has 0 saturated carbocycles. The number of hydrogen-bond donors (Lipinski definition) is 2. The zero-order valence-corrected chi connectivity index (χ0v) is 13.1. The molecule has 6 heteroatoms. The molecule has 1 aliphatic carbocycles. The smallest absolute Gasteiger partial charge is 0.272 e. The van der Waals surface area contributed by atoms with E-state index < -0.39 is 0 Å². The number of carbonyl (C=O) groups is 1. The molecule has 6 nitrogen and oxygen atoms in total. The quantitative estimate of drug-likeness (QED) is 0.766. The highest BCUT2D eigenvalue weighted by atomic mass is 16.3. The van der Waals surface area contributed by atoms with Gasteiger partial charge in [0.05, 0.1) is 6.04 Å². The van der Waals surface area contributed by atoms with Crippen LogP contribution in [0.3, 0.4) is 0 Å². The number of benzene rings is 1. The number of aliphatic hydroxyl groups is 1. The van der Waals surface area contributed by atoms with Gasteiger partial charge < -0.3 is 10.4 Å². The lowest BCUT2D eigenvalue weighted by Gasteiger charge is -2.12. The highest BCUT2D eigenvalue weighted by molar-refractivity contribution is 5.93. The predicted octanol–water partition coefficient (Wildman–Crippen LogP) is 1.68. The Labute approximate surface area is 139 Å². The van der Waals surface area contributed by atoms with Gasteiger partial charge in [-0.25, -0.2) is 9.50 Å². The number of aliphatic hydroxyl groups excluding tert-OH is 1. The molecule has 1 atom stereocenters. The monoisotopic (exact) mass is 322 g/mol. The number of aromatic nitrogens is 3. The SMILES string of the molecule is O=C(NC1CCc2ccccc21)c1cc2ncc(CCO)cn2n1. The van der Waals surface area contributed by atoms with Crippen LogP contribution in [0.5, 0.6) is 0 Å². The summed E-state index contributed by atoms with van der Waals surface area (Å²) in [4.78, 5) is 16.8. The van der Waals surface area contributed by atoms with Gasteiger partial charge in [-0.15, -0.1) is 0 Å². The first-order valence-corrected chi connectivity index (χ1v) is 8.08. The molecular formula is C18H18N4O2. The molecule has 1 aromatic carbocycles. The molecule has 0 bridgehead atoms. The van der Waals surface area contributed by atoms with E-state index in [1.807, 2.05) is 12.1 Å². The Kier molecular flexibility index (Phi) is 3.74. The van der Waals surface area contributed by atoms with Crippen molar-refractivity contribution in [1.82, 2.24) is 19.9 Å². The van der Waals surface area contributed by atoms with Crippen molar-refractivity contribution in [2.75, 3.05) is 6.61 Å². The second-order valence-corrected chi connectivity index (χ2v) is 6.03. The van der Waals surface area contributed by atoms with E-state index >= 15 is 0 Å². The topological polar surface area (TPSA) is 79.5 Å². The standard InChI is InChI=1S/C18H18N4O2/c23-8-7-12-10-19-17-9-16(21-22(17)11-12)18(24)20-15-6-5-13-3-1-2-4-14(13)15/h1-4,9-11,15,23H,5-8H2,(H,20,24). The Morgan fingerprint density at radius 3 is 3.12 bits per heavy atom. The summed E-state index contributed by atoms with van der Waals surface area (Å²) in [5.74, 6) is -0.189. The van der Waals surface area contributed by atoms with Crippen LogP contribution in [0.2, 0.25) is 0 Å². The van der Waals surface area contributed by atoms with E-state index in [0.29, 0.717) is 17.8 Å². The molecule has 4 rings (SSSR count). The molecule has 3 aromatic rings. The van der Waals surface area contributed by atoms with Gasteiger partial charge in [-0.3, -0.25) is 4.79 Å². The van der Waals surface area contributed by atoms with E-state index in [4.69, 9.17) is 5.11 Å². The average molecular weight is 322 g/mol. The van der Waals surface area contributed by atoms with Crippen LogP contribution in [0.15, 0.2) is 42.7 Å². The van der Waals surface area contributed by atoms with E-state index in [2.05, 4.69) is 27.5 Å².